The molecule has 8 nitrogen and oxygen atoms in total. The number of nitrogens with one attached hydrogen (secondary N) is 3. The van der Waals surface area contributed by atoms with Gasteiger partial charge in [0.1, 0.15) is 17.3 Å². The van der Waals surface area contributed by atoms with E-state index in [1.807, 2.05) is 30.3 Å². The van der Waals surface area contributed by atoms with Crippen molar-refractivity contribution in [2.24, 2.45) is 5.92 Å². The third-order valence-corrected chi connectivity index (χ3v) is 7.81. The van der Waals surface area contributed by atoms with E-state index < -0.39 is 5.82 Å². The normalized spacial score (nSPS) is 13.7. The van der Waals surface area contributed by atoms with E-state index in [1.54, 1.807) is 24.7 Å². The Morgan fingerprint density at radius 2 is 1.78 bits per heavy atom. The summed E-state index contributed by atoms with van der Waals surface area (Å²) in [6.07, 6.45) is 9.28. The number of anilines is 1. The molecule has 0 aliphatic heterocycles. The van der Waals surface area contributed by atoms with Gasteiger partial charge in [-0.05, 0) is 60.9 Å². The van der Waals surface area contributed by atoms with Crippen LogP contribution in [-0.4, -0.2) is 38.2 Å². The summed E-state index contributed by atoms with van der Waals surface area (Å²) in [6, 6.07) is 16.4. The number of aromatic nitrogens is 5. The van der Waals surface area contributed by atoms with E-state index in [9.17, 15) is 9.18 Å². The molecule has 4 aromatic heterocycles. The molecule has 6 aromatic rings. The van der Waals surface area contributed by atoms with Gasteiger partial charge < -0.3 is 15.0 Å². The molecular formula is C32H27FN6O2. The largest absolute Gasteiger partial charge is 0.497 e. The molecule has 0 saturated heterocycles. The molecular weight excluding hydrogens is 519 g/mol. The van der Waals surface area contributed by atoms with Crippen LogP contribution in [0, 0.1) is 11.7 Å². The number of hydrogen-bond donors (Lipinski definition) is 3. The molecule has 7 rings (SSSR count). The Kier molecular flexibility index (Phi) is 6.19. The molecule has 0 unspecified atom stereocenters. The van der Waals surface area contributed by atoms with Crippen molar-refractivity contribution in [2.45, 2.75) is 25.7 Å². The lowest BCUT2D eigenvalue weighted by molar-refractivity contribution is -0.119. The van der Waals surface area contributed by atoms with Crippen LogP contribution in [0.5, 0.6) is 5.75 Å². The van der Waals surface area contributed by atoms with Crippen LogP contribution >= 0.6 is 0 Å². The Balaban J connectivity index is 1.25. The summed E-state index contributed by atoms with van der Waals surface area (Å²) >= 11 is 0. The fourth-order valence-electron chi connectivity index (χ4n) is 5.73. The van der Waals surface area contributed by atoms with Gasteiger partial charge in [-0.2, -0.15) is 5.10 Å². The number of amides is 1. The Hall–Kier alpha value is -5.05. The summed E-state index contributed by atoms with van der Waals surface area (Å²) in [6.45, 7) is 0. The van der Waals surface area contributed by atoms with Gasteiger partial charge in [-0.3, -0.25) is 19.9 Å². The second-order valence-electron chi connectivity index (χ2n) is 10.4. The van der Waals surface area contributed by atoms with Gasteiger partial charge >= 0.3 is 0 Å². The maximum Gasteiger partial charge on any atom is 0.227 e. The van der Waals surface area contributed by atoms with Gasteiger partial charge in [-0.1, -0.05) is 18.9 Å². The van der Waals surface area contributed by atoms with Crippen LogP contribution in [0.3, 0.4) is 0 Å². The highest BCUT2D eigenvalue weighted by Gasteiger charge is 2.23. The first-order valence-corrected chi connectivity index (χ1v) is 13.6. The number of H-pyrrole nitrogens is 2. The predicted molar refractivity (Wildman–Crippen MR) is 157 cm³/mol. The van der Waals surface area contributed by atoms with E-state index in [1.165, 1.54) is 19.2 Å². The molecule has 0 radical (unpaired) electrons. The standard InChI is InChI=1S/C32H27FN6O2/c1-41-24-12-20(10-22(33)14-24)30-26-15-29(37-27(26)8-9-35-30)31-25-13-19(6-7-28(25)38-39-31)21-11-23(17-34-16-21)36-32(40)18-4-2-3-5-18/h6-18,37H,2-5H2,1H3,(H,36,40)(H,38,39). The lowest BCUT2D eigenvalue weighted by Crippen LogP contribution is -2.20. The lowest BCUT2D eigenvalue weighted by Gasteiger charge is -2.11. The van der Waals surface area contributed by atoms with Crippen LogP contribution in [0.25, 0.3) is 55.6 Å². The highest BCUT2D eigenvalue weighted by Crippen LogP contribution is 2.36. The first kappa shape index (κ1) is 25.0. The van der Waals surface area contributed by atoms with E-state index in [0.29, 0.717) is 22.7 Å². The van der Waals surface area contributed by atoms with Gasteiger partial charge in [0.05, 0.1) is 35.9 Å². The maximum atomic E-state index is 14.3. The molecule has 0 spiro atoms. The molecule has 3 N–H and O–H groups in total. The van der Waals surface area contributed by atoms with Crippen molar-refractivity contribution in [1.82, 2.24) is 25.1 Å². The lowest BCUT2D eigenvalue weighted by atomic mass is 10.0. The van der Waals surface area contributed by atoms with Crippen LogP contribution in [-0.2, 0) is 4.79 Å². The SMILES string of the molecule is COc1cc(F)cc(-c2nccc3[nH]c(-c4n[nH]c5ccc(-c6cncc(NC(=O)C7CCCC7)c6)cc45)cc23)c1. The topological polar surface area (TPSA) is 109 Å². The number of carbonyl (C=O) groups excluding carboxylic acids is 1. The van der Waals surface area contributed by atoms with Crippen molar-refractivity contribution in [3.8, 4) is 39.5 Å². The van der Waals surface area contributed by atoms with Crippen molar-refractivity contribution in [1.29, 1.82) is 0 Å². The number of carbonyl (C=O) groups is 1. The minimum Gasteiger partial charge on any atom is -0.497 e. The fourth-order valence-corrected chi connectivity index (χ4v) is 5.73. The smallest absolute Gasteiger partial charge is 0.227 e. The van der Waals surface area contributed by atoms with E-state index in [2.05, 4.69) is 36.5 Å². The molecule has 2 aromatic carbocycles. The number of benzene rings is 2. The van der Waals surface area contributed by atoms with Gasteiger partial charge in [-0.15, -0.1) is 0 Å². The Bertz CT molecular complexity index is 1920. The molecule has 4 heterocycles. The molecule has 1 amide bonds. The van der Waals surface area contributed by atoms with Crippen molar-refractivity contribution in [3.63, 3.8) is 0 Å². The third-order valence-electron chi connectivity index (χ3n) is 7.81. The number of nitrogens with zero attached hydrogens (tertiary/aromatic N) is 3. The second-order valence-corrected chi connectivity index (χ2v) is 10.4. The number of halogens is 1. The summed E-state index contributed by atoms with van der Waals surface area (Å²) in [7, 11) is 1.51. The monoisotopic (exact) mass is 546 g/mol. The average Bonchev–Trinajstić information content (AvgIpc) is 3.76. The highest BCUT2D eigenvalue weighted by atomic mass is 19.1. The van der Waals surface area contributed by atoms with Gasteiger partial charge in [0, 0.05) is 51.8 Å². The van der Waals surface area contributed by atoms with Crippen molar-refractivity contribution in [3.05, 3.63) is 79.0 Å². The number of methoxy groups -OCH3 is 1. The quantitative estimate of drug-likeness (QED) is 0.206. The predicted octanol–water partition coefficient (Wildman–Crippen LogP) is 7.11. The summed E-state index contributed by atoms with van der Waals surface area (Å²) in [4.78, 5) is 25.0. The minimum atomic E-state index is -0.392. The number of rotatable bonds is 6. The van der Waals surface area contributed by atoms with Gasteiger partial charge in [-0.25, -0.2) is 4.39 Å². The zero-order valence-corrected chi connectivity index (χ0v) is 22.4. The zero-order valence-electron chi connectivity index (χ0n) is 22.4. The molecule has 0 atom stereocenters. The zero-order chi connectivity index (χ0) is 27.9. The van der Waals surface area contributed by atoms with Gasteiger partial charge in [0.25, 0.3) is 0 Å². The van der Waals surface area contributed by atoms with Crippen molar-refractivity contribution < 1.29 is 13.9 Å². The first-order valence-electron chi connectivity index (χ1n) is 13.6. The second kappa shape index (κ2) is 10.2. The number of aromatic amines is 2. The Morgan fingerprint density at radius 3 is 2.63 bits per heavy atom. The molecule has 1 aliphatic rings. The summed E-state index contributed by atoms with van der Waals surface area (Å²) in [5, 5.41) is 12.6. The molecule has 1 saturated carbocycles. The summed E-state index contributed by atoms with van der Waals surface area (Å²) in [5.41, 5.74) is 7.10. The maximum absolute atomic E-state index is 14.3. The number of hydrogen-bond acceptors (Lipinski definition) is 5. The molecule has 41 heavy (non-hydrogen) atoms. The fraction of sp³-hybridized carbons (Fsp3) is 0.188. The van der Waals surface area contributed by atoms with Gasteiger partial charge in [0.15, 0.2) is 0 Å². The number of pyridine rings is 2. The molecule has 1 aliphatic carbocycles. The van der Waals surface area contributed by atoms with Crippen LogP contribution in [0.2, 0.25) is 0 Å². The van der Waals surface area contributed by atoms with Crippen LogP contribution in [0.4, 0.5) is 10.1 Å². The van der Waals surface area contributed by atoms with E-state index in [-0.39, 0.29) is 11.8 Å². The average molecular weight is 547 g/mol. The van der Waals surface area contributed by atoms with Crippen LogP contribution in [0.1, 0.15) is 25.7 Å². The van der Waals surface area contributed by atoms with Crippen LogP contribution < -0.4 is 10.1 Å². The molecule has 204 valence electrons. The summed E-state index contributed by atoms with van der Waals surface area (Å²) in [5.74, 6) is 0.185. The van der Waals surface area contributed by atoms with Crippen molar-refractivity contribution >= 4 is 33.4 Å². The molecule has 1 fully saturated rings. The Morgan fingerprint density at radius 1 is 0.927 bits per heavy atom. The van der Waals surface area contributed by atoms with E-state index >= 15 is 0 Å². The number of ether oxygens (including phenoxy) is 1. The summed E-state index contributed by atoms with van der Waals surface area (Å²) < 4.78 is 19.5. The van der Waals surface area contributed by atoms with Gasteiger partial charge in [0.2, 0.25) is 5.91 Å². The first-order chi connectivity index (χ1) is 20.1. The number of fused-ring (bicyclic) bond motifs is 2. The Labute approximate surface area is 235 Å². The molecule has 9 heteroatoms. The highest BCUT2D eigenvalue weighted by molar-refractivity contribution is 6.01. The van der Waals surface area contributed by atoms with Crippen molar-refractivity contribution in [2.75, 3.05) is 12.4 Å². The van der Waals surface area contributed by atoms with Crippen LogP contribution in [0.15, 0.2) is 73.2 Å². The minimum absolute atomic E-state index is 0.0679. The van der Waals surface area contributed by atoms with E-state index in [4.69, 9.17) is 4.74 Å². The third kappa shape index (κ3) is 4.69. The van der Waals surface area contributed by atoms with E-state index in [0.717, 1.165) is 70.0 Å². The molecule has 0 bridgehead atoms.